The average Bonchev–Trinajstić information content (AvgIpc) is 2.43. The first kappa shape index (κ1) is 17.7. The van der Waals surface area contributed by atoms with Gasteiger partial charge in [0.25, 0.3) is 0 Å². The summed E-state index contributed by atoms with van der Waals surface area (Å²) in [6, 6.07) is 2.83. The molecule has 0 spiro atoms. The van der Waals surface area contributed by atoms with Crippen LogP contribution in [-0.2, 0) is 14.8 Å². The summed E-state index contributed by atoms with van der Waals surface area (Å²) in [4.78, 5) is 10.3. The number of hydrogen-bond donors (Lipinski definition) is 2. The Morgan fingerprint density at radius 2 is 1.90 bits per heavy atom. The molecule has 0 amide bonds. The predicted octanol–water partition coefficient (Wildman–Crippen LogP) is 1.61. The fraction of sp³-hybridized carbons (Fsp3) is 0.417. The molecule has 9 heteroatoms. The molecule has 0 heterocycles. The fourth-order valence-electron chi connectivity index (χ4n) is 1.57. The molecule has 0 atom stereocenters. The Bertz CT molecular complexity index is 616. The molecular weight excluding hydrogens is 366 g/mol. The summed E-state index contributed by atoms with van der Waals surface area (Å²) in [7, 11) is -0.992. The van der Waals surface area contributed by atoms with Crippen molar-refractivity contribution in [1.82, 2.24) is 4.72 Å². The van der Waals surface area contributed by atoms with E-state index in [4.69, 9.17) is 14.6 Å². The molecule has 0 radical (unpaired) electrons. The first-order chi connectivity index (χ1) is 9.81. The number of nitrogens with one attached hydrogen (secondary N) is 1. The number of methoxy groups -OCH3 is 2. The van der Waals surface area contributed by atoms with Gasteiger partial charge in [-0.05, 0) is 28.4 Å². The summed E-state index contributed by atoms with van der Waals surface area (Å²) in [6.07, 6.45) is 0.0974. The summed E-state index contributed by atoms with van der Waals surface area (Å²) in [5.74, 6) is -0.392. The standard InChI is InChI=1S/C12H16BrNO6S/c1-19-9-7-10(20-2)11(6-8(9)13)21(17,18)14-5-3-4-12(15)16/h6-7,14H,3-5H2,1-2H3,(H,15,16). The topological polar surface area (TPSA) is 102 Å². The number of hydrogen-bond acceptors (Lipinski definition) is 5. The van der Waals surface area contributed by atoms with Crippen molar-refractivity contribution >= 4 is 31.9 Å². The molecule has 0 unspecified atom stereocenters. The summed E-state index contributed by atoms with van der Waals surface area (Å²) in [5, 5.41) is 8.52. The lowest BCUT2D eigenvalue weighted by molar-refractivity contribution is -0.137. The van der Waals surface area contributed by atoms with Crippen molar-refractivity contribution in [3.05, 3.63) is 16.6 Å². The first-order valence-corrected chi connectivity index (χ1v) is 8.22. The Balaban J connectivity index is 2.97. The maximum atomic E-state index is 12.2. The number of halogens is 1. The van der Waals surface area contributed by atoms with E-state index in [1.807, 2.05) is 0 Å². The van der Waals surface area contributed by atoms with Crippen LogP contribution in [0.25, 0.3) is 0 Å². The molecule has 0 saturated heterocycles. The summed E-state index contributed by atoms with van der Waals surface area (Å²) in [6.45, 7) is 0.0292. The third kappa shape index (κ3) is 4.87. The van der Waals surface area contributed by atoms with Crippen LogP contribution in [0.2, 0.25) is 0 Å². The minimum absolute atomic E-state index is 0.0292. The second kappa shape index (κ2) is 7.62. The second-order valence-corrected chi connectivity index (χ2v) is 6.62. The van der Waals surface area contributed by atoms with Gasteiger partial charge in [0.1, 0.15) is 16.4 Å². The SMILES string of the molecule is COc1cc(OC)c(S(=O)(=O)NCCCC(=O)O)cc1Br. The highest BCUT2D eigenvalue weighted by Gasteiger charge is 2.21. The smallest absolute Gasteiger partial charge is 0.303 e. The summed E-state index contributed by atoms with van der Waals surface area (Å²) >= 11 is 3.21. The monoisotopic (exact) mass is 381 g/mol. The maximum absolute atomic E-state index is 12.2. The lowest BCUT2D eigenvalue weighted by Crippen LogP contribution is -2.25. The zero-order valence-electron chi connectivity index (χ0n) is 11.6. The van der Waals surface area contributed by atoms with E-state index in [2.05, 4.69) is 20.7 Å². The molecule has 0 aromatic heterocycles. The molecule has 21 heavy (non-hydrogen) atoms. The summed E-state index contributed by atoms with van der Waals surface area (Å²) < 4.78 is 37.4. The van der Waals surface area contributed by atoms with Crippen LogP contribution in [0.15, 0.2) is 21.5 Å². The highest BCUT2D eigenvalue weighted by Crippen LogP contribution is 2.35. The van der Waals surface area contributed by atoms with Crippen molar-refractivity contribution < 1.29 is 27.8 Å². The van der Waals surface area contributed by atoms with Crippen molar-refractivity contribution in [3.63, 3.8) is 0 Å². The minimum atomic E-state index is -3.80. The zero-order chi connectivity index (χ0) is 16.0. The molecule has 118 valence electrons. The molecule has 0 aliphatic rings. The third-order valence-electron chi connectivity index (χ3n) is 2.59. The van der Waals surface area contributed by atoms with Crippen LogP contribution in [0.3, 0.4) is 0 Å². The Kier molecular flexibility index (Phi) is 6.43. The highest BCUT2D eigenvalue weighted by molar-refractivity contribution is 9.10. The Morgan fingerprint density at radius 3 is 2.43 bits per heavy atom. The van der Waals surface area contributed by atoms with E-state index in [0.29, 0.717) is 10.2 Å². The van der Waals surface area contributed by atoms with Crippen molar-refractivity contribution in [2.45, 2.75) is 17.7 Å². The Hall–Kier alpha value is -1.32. The third-order valence-corrected chi connectivity index (χ3v) is 4.69. The van der Waals surface area contributed by atoms with E-state index >= 15 is 0 Å². The van der Waals surface area contributed by atoms with Crippen LogP contribution in [0, 0.1) is 0 Å². The van der Waals surface area contributed by atoms with Gasteiger partial charge in [-0.25, -0.2) is 13.1 Å². The first-order valence-electron chi connectivity index (χ1n) is 5.94. The molecule has 1 aromatic carbocycles. The molecule has 0 saturated carbocycles. The zero-order valence-corrected chi connectivity index (χ0v) is 14.0. The van der Waals surface area contributed by atoms with Gasteiger partial charge < -0.3 is 14.6 Å². The highest BCUT2D eigenvalue weighted by atomic mass is 79.9. The van der Waals surface area contributed by atoms with Gasteiger partial charge in [0.15, 0.2) is 0 Å². The van der Waals surface area contributed by atoms with Crippen LogP contribution in [0.5, 0.6) is 11.5 Å². The number of benzene rings is 1. The van der Waals surface area contributed by atoms with Crippen LogP contribution < -0.4 is 14.2 Å². The van der Waals surface area contributed by atoms with Gasteiger partial charge in [0.2, 0.25) is 10.0 Å². The lowest BCUT2D eigenvalue weighted by atomic mass is 10.3. The van der Waals surface area contributed by atoms with Crippen LogP contribution >= 0.6 is 15.9 Å². The number of carbonyl (C=O) groups is 1. The molecule has 1 rings (SSSR count). The maximum Gasteiger partial charge on any atom is 0.303 e. The van der Waals surface area contributed by atoms with Gasteiger partial charge in [-0.15, -0.1) is 0 Å². The van der Waals surface area contributed by atoms with Gasteiger partial charge in [-0.2, -0.15) is 0 Å². The predicted molar refractivity (Wildman–Crippen MR) is 79.3 cm³/mol. The molecule has 0 fully saturated rings. The van der Waals surface area contributed by atoms with Gasteiger partial charge in [0, 0.05) is 19.0 Å². The number of sulfonamides is 1. The van der Waals surface area contributed by atoms with Crippen molar-refractivity contribution in [2.24, 2.45) is 0 Å². The molecular formula is C12H16BrNO6S. The van der Waals surface area contributed by atoms with Crippen molar-refractivity contribution in [3.8, 4) is 11.5 Å². The number of aliphatic carboxylic acids is 1. The van der Waals surface area contributed by atoms with Gasteiger partial charge in [-0.3, -0.25) is 4.79 Å². The number of rotatable bonds is 8. The molecule has 1 aromatic rings. The van der Waals surface area contributed by atoms with Crippen molar-refractivity contribution in [2.75, 3.05) is 20.8 Å². The average molecular weight is 382 g/mol. The molecule has 2 N–H and O–H groups in total. The largest absolute Gasteiger partial charge is 0.495 e. The Morgan fingerprint density at radius 1 is 1.29 bits per heavy atom. The van der Waals surface area contributed by atoms with E-state index < -0.39 is 16.0 Å². The van der Waals surface area contributed by atoms with Gasteiger partial charge >= 0.3 is 5.97 Å². The van der Waals surface area contributed by atoms with Crippen LogP contribution in [0.4, 0.5) is 0 Å². The molecule has 7 nitrogen and oxygen atoms in total. The molecule has 0 aliphatic heterocycles. The van der Waals surface area contributed by atoms with E-state index in [9.17, 15) is 13.2 Å². The Labute approximate surface area is 131 Å². The number of carboxylic acids is 1. The molecule has 0 bridgehead atoms. The van der Waals surface area contributed by atoms with E-state index in [1.165, 1.54) is 26.4 Å². The van der Waals surface area contributed by atoms with Crippen LogP contribution in [0.1, 0.15) is 12.8 Å². The van der Waals surface area contributed by atoms with E-state index in [0.717, 1.165) is 0 Å². The van der Waals surface area contributed by atoms with E-state index in [1.54, 1.807) is 0 Å². The number of ether oxygens (including phenoxy) is 2. The van der Waals surface area contributed by atoms with E-state index in [-0.39, 0.29) is 30.0 Å². The lowest BCUT2D eigenvalue weighted by Gasteiger charge is -2.13. The minimum Gasteiger partial charge on any atom is -0.495 e. The van der Waals surface area contributed by atoms with Crippen LogP contribution in [-0.4, -0.2) is 40.3 Å². The normalized spacial score (nSPS) is 11.2. The van der Waals surface area contributed by atoms with Gasteiger partial charge in [0.05, 0.1) is 18.7 Å². The van der Waals surface area contributed by atoms with Gasteiger partial charge in [-0.1, -0.05) is 0 Å². The summed E-state index contributed by atoms with van der Waals surface area (Å²) in [5.41, 5.74) is 0. The fourth-order valence-corrected chi connectivity index (χ4v) is 3.47. The van der Waals surface area contributed by atoms with Crippen molar-refractivity contribution in [1.29, 1.82) is 0 Å². The number of carboxylic acid groups (broad SMARTS) is 1. The second-order valence-electron chi connectivity index (χ2n) is 4.03. The molecule has 0 aliphatic carbocycles. The quantitative estimate of drug-likeness (QED) is 0.663.